The average molecular weight is 450 g/mol. The molecule has 176 valence electrons. The first-order valence-electron chi connectivity index (χ1n) is 12.6. The second-order valence-corrected chi connectivity index (χ2v) is 9.69. The molecule has 2 saturated carbocycles. The van der Waals surface area contributed by atoms with Gasteiger partial charge in [0.15, 0.2) is 5.75 Å². The zero-order chi connectivity index (χ0) is 22.6. The van der Waals surface area contributed by atoms with E-state index in [1.807, 2.05) is 37.4 Å². The number of hydrogen-bond acceptors (Lipinski definition) is 5. The molecule has 0 spiro atoms. The van der Waals surface area contributed by atoms with Crippen LogP contribution in [-0.2, 0) is 4.74 Å². The van der Waals surface area contributed by atoms with Crippen LogP contribution in [0.1, 0.15) is 73.7 Å². The summed E-state index contributed by atoms with van der Waals surface area (Å²) in [5.41, 5.74) is 2.62. The number of carbonyl (C=O) groups excluding carboxylic acids is 1. The number of nitrogens with zero attached hydrogens (tertiary/aromatic N) is 2. The minimum atomic E-state index is -0.0535. The van der Waals surface area contributed by atoms with Gasteiger partial charge in [0.2, 0.25) is 0 Å². The van der Waals surface area contributed by atoms with Crippen molar-refractivity contribution in [1.29, 1.82) is 0 Å². The first-order chi connectivity index (χ1) is 16.2. The van der Waals surface area contributed by atoms with E-state index in [0.29, 0.717) is 36.7 Å². The first kappa shape index (κ1) is 22.2. The number of anilines is 2. The van der Waals surface area contributed by atoms with Crippen LogP contribution in [0.3, 0.4) is 0 Å². The van der Waals surface area contributed by atoms with Gasteiger partial charge in [0, 0.05) is 12.2 Å². The number of hydrogen-bond donors (Lipinski definition) is 1. The minimum absolute atomic E-state index is 0.0535. The lowest BCUT2D eigenvalue weighted by Gasteiger charge is -2.34. The maximum Gasteiger partial charge on any atom is 0.255 e. The summed E-state index contributed by atoms with van der Waals surface area (Å²) in [6.45, 7) is 3.26. The Morgan fingerprint density at radius 1 is 1.03 bits per heavy atom. The van der Waals surface area contributed by atoms with Gasteiger partial charge in [0.25, 0.3) is 5.91 Å². The molecule has 1 aromatic heterocycles. The highest BCUT2D eigenvalue weighted by molar-refractivity contribution is 5.99. The second-order valence-electron chi connectivity index (χ2n) is 9.69. The normalized spacial score (nSPS) is 23.5. The molecule has 3 aliphatic rings. The average Bonchev–Trinajstić information content (AvgIpc) is 2.86. The number of amides is 1. The molecular weight excluding hydrogens is 414 g/mol. The fourth-order valence-corrected chi connectivity index (χ4v) is 5.36. The topological polar surface area (TPSA) is 63.7 Å². The van der Waals surface area contributed by atoms with Gasteiger partial charge in [-0.25, -0.2) is 4.98 Å². The van der Waals surface area contributed by atoms with Crippen molar-refractivity contribution < 1.29 is 14.3 Å². The maximum atomic E-state index is 13.2. The van der Waals surface area contributed by atoms with E-state index in [1.165, 1.54) is 32.1 Å². The van der Waals surface area contributed by atoms with Crippen LogP contribution in [0, 0.1) is 6.92 Å². The Labute approximate surface area is 196 Å². The van der Waals surface area contributed by atoms with Crippen LogP contribution >= 0.6 is 0 Å². The predicted molar refractivity (Wildman–Crippen MR) is 129 cm³/mol. The Morgan fingerprint density at radius 3 is 2.58 bits per heavy atom. The van der Waals surface area contributed by atoms with Crippen LogP contribution in [0.15, 0.2) is 36.5 Å². The van der Waals surface area contributed by atoms with Gasteiger partial charge in [0.05, 0.1) is 30.0 Å². The van der Waals surface area contributed by atoms with Crippen molar-refractivity contribution in [3.63, 3.8) is 0 Å². The Hall–Kier alpha value is -2.60. The third kappa shape index (κ3) is 5.16. The number of pyridine rings is 1. The largest absolute Gasteiger partial charge is 0.489 e. The maximum absolute atomic E-state index is 13.2. The quantitative estimate of drug-likeness (QED) is 0.670. The Kier molecular flexibility index (Phi) is 6.81. The van der Waals surface area contributed by atoms with Gasteiger partial charge in [-0.3, -0.25) is 4.79 Å². The highest BCUT2D eigenvalue weighted by atomic mass is 16.5. The lowest BCUT2D eigenvalue weighted by molar-refractivity contribution is -0.0479. The number of benzene rings is 1. The molecular formula is C27H35N3O3. The van der Waals surface area contributed by atoms with Crippen molar-refractivity contribution in [2.24, 2.45) is 0 Å². The molecule has 33 heavy (non-hydrogen) atoms. The van der Waals surface area contributed by atoms with Crippen molar-refractivity contribution in [2.75, 3.05) is 18.1 Å². The van der Waals surface area contributed by atoms with Crippen LogP contribution in [-0.4, -0.2) is 42.3 Å². The van der Waals surface area contributed by atoms with Crippen LogP contribution in [0.25, 0.3) is 0 Å². The van der Waals surface area contributed by atoms with E-state index in [4.69, 9.17) is 9.47 Å². The molecule has 2 aromatic rings. The van der Waals surface area contributed by atoms with Gasteiger partial charge >= 0.3 is 0 Å². The fraction of sp³-hybridized carbons (Fsp3) is 0.556. The van der Waals surface area contributed by atoms with E-state index in [9.17, 15) is 4.79 Å². The molecule has 0 radical (unpaired) electrons. The van der Waals surface area contributed by atoms with Crippen molar-refractivity contribution >= 4 is 17.4 Å². The van der Waals surface area contributed by atoms with Crippen LogP contribution in [0.2, 0.25) is 0 Å². The van der Waals surface area contributed by atoms with Crippen molar-refractivity contribution in [2.45, 2.75) is 83.0 Å². The third-order valence-corrected chi connectivity index (χ3v) is 7.21. The van der Waals surface area contributed by atoms with Gasteiger partial charge in [0.1, 0.15) is 12.4 Å². The molecule has 0 saturated heterocycles. The summed E-state index contributed by atoms with van der Waals surface area (Å²) in [6.07, 6.45) is 13.1. The van der Waals surface area contributed by atoms with Crippen LogP contribution in [0.4, 0.5) is 11.5 Å². The zero-order valence-corrected chi connectivity index (χ0v) is 19.6. The van der Waals surface area contributed by atoms with E-state index >= 15 is 0 Å². The SMILES string of the molecule is Cc1ccc(N2CCOc3c(C(=O)N[C@H]4CC[C@H](OC5CCCCC5)CC4)cccc32)nc1. The molecule has 1 N–H and O–H groups in total. The smallest absolute Gasteiger partial charge is 0.255 e. The first-order valence-corrected chi connectivity index (χ1v) is 12.6. The number of fused-ring (bicyclic) bond motifs is 1. The van der Waals surface area contributed by atoms with Gasteiger partial charge < -0.3 is 19.7 Å². The Bertz CT molecular complexity index is 948. The zero-order valence-electron chi connectivity index (χ0n) is 19.6. The van der Waals surface area contributed by atoms with E-state index < -0.39 is 0 Å². The van der Waals surface area contributed by atoms with Crippen molar-refractivity contribution in [1.82, 2.24) is 10.3 Å². The van der Waals surface area contributed by atoms with Crippen molar-refractivity contribution in [3.8, 4) is 5.75 Å². The molecule has 5 rings (SSSR count). The van der Waals surface area contributed by atoms with Crippen molar-refractivity contribution in [3.05, 3.63) is 47.7 Å². The Balaban J connectivity index is 1.22. The standard InChI is InChI=1S/C27H35N3O3/c1-19-10-15-25(28-18-19)30-16-17-32-26-23(8-5-9-24(26)30)27(31)29-20-11-13-22(14-12-20)33-21-6-3-2-4-7-21/h5,8-10,15,18,20-22H,2-4,6-7,11-14,16-17H2,1H3,(H,29,31)/t20-,22-. The fourth-order valence-electron chi connectivity index (χ4n) is 5.36. The van der Waals surface area contributed by atoms with E-state index in [1.54, 1.807) is 0 Å². The summed E-state index contributed by atoms with van der Waals surface area (Å²) in [4.78, 5) is 19.9. The van der Waals surface area contributed by atoms with E-state index in [0.717, 1.165) is 42.8 Å². The molecule has 0 bridgehead atoms. The van der Waals surface area contributed by atoms with Gasteiger partial charge in [-0.1, -0.05) is 31.4 Å². The minimum Gasteiger partial charge on any atom is -0.489 e. The summed E-state index contributed by atoms with van der Waals surface area (Å²) < 4.78 is 12.4. The third-order valence-electron chi connectivity index (χ3n) is 7.21. The molecule has 0 atom stereocenters. The summed E-state index contributed by atoms with van der Waals surface area (Å²) in [7, 11) is 0. The molecule has 6 nitrogen and oxygen atoms in total. The van der Waals surface area contributed by atoms with Gasteiger partial charge in [-0.05, 0) is 69.2 Å². The molecule has 0 unspecified atom stereocenters. The molecule has 2 aliphatic carbocycles. The number of carbonyl (C=O) groups is 1. The lowest BCUT2D eigenvalue weighted by atomic mass is 9.91. The monoisotopic (exact) mass is 449 g/mol. The second kappa shape index (κ2) is 10.1. The molecule has 6 heteroatoms. The van der Waals surface area contributed by atoms with Crippen LogP contribution in [0.5, 0.6) is 5.75 Å². The summed E-state index contributed by atoms with van der Waals surface area (Å²) in [5.74, 6) is 1.47. The molecule has 1 aliphatic heterocycles. The number of nitrogens with one attached hydrogen (secondary N) is 1. The number of ether oxygens (including phenoxy) is 2. The molecule has 2 fully saturated rings. The molecule has 1 aromatic carbocycles. The van der Waals surface area contributed by atoms with Gasteiger partial charge in [-0.15, -0.1) is 0 Å². The summed E-state index contributed by atoms with van der Waals surface area (Å²) in [6, 6.07) is 10.1. The highest BCUT2D eigenvalue weighted by Crippen LogP contribution is 2.38. The number of rotatable bonds is 5. The highest BCUT2D eigenvalue weighted by Gasteiger charge is 2.29. The number of para-hydroxylation sites is 1. The van der Waals surface area contributed by atoms with E-state index in [2.05, 4.69) is 21.3 Å². The number of aromatic nitrogens is 1. The molecule has 2 heterocycles. The summed E-state index contributed by atoms with van der Waals surface area (Å²) >= 11 is 0. The van der Waals surface area contributed by atoms with Crippen LogP contribution < -0.4 is 15.0 Å². The summed E-state index contributed by atoms with van der Waals surface area (Å²) in [5, 5.41) is 3.26. The predicted octanol–water partition coefficient (Wildman–Crippen LogP) is 5.31. The number of aryl methyl sites for hydroxylation is 1. The lowest BCUT2D eigenvalue weighted by Crippen LogP contribution is -2.40. The Morgan fingerprint density at radius 2 is 1.82 bits per heavy atom. The van der Waals surface area contributed by atoms with E-state index in [-0.39, 0.29) is 11.9 Å². The molecule has 1 amide bonds. The van der Waals surface area contributed by atoms with Gasteiger partial charge in [-0.2, -0.15) is 0 Å².